The van der Waals surface area contributed by atoms with Crippen LogP contribution in [-0.2, 0) is 11.8 Å². The zero-order valence-corrected chi connectivity index (χ0v) is 21.2. The number of nitrogens with one attached hydrogen (secondary N) is 1. The van der Waals surface area contributed by atoms with Crippen molar-refractivity contribution >= 4 is 51.4 Å². The number of ketones is 1. The zero-order chi connectivity index (χ0) is 24.6. The fourth-order valence-corrected chi connectivity index (χ4v) is 5.50. The van der Waals surface area contributed by atoms with Gasteiger partial charge in [-0.25, -0.2) is 19.4 Å². The lowest BCUT2D eigenvalue weighted by molar-refractivity contribution is 0.0103. The standard InChI is InChI=1S/C21H24Cl2N6O4S/c1-4-33-13-8-29(6-5-11(13)7-12(30)16-15(23)14(22)10(2)26-16)21-27-17(18(34-21)20(31)32)19-24-9-25-28(19)3/h9,11,13,26H,4-8H2,1-3H3,(H,31,32)/t11-,13-/m0/s1. The van der Waals surface area contributed by atoms with E-state index in [-0.39, 0.29) is 39.8 Å². The summed E-state index contributed by atoms with van der Waals surface area (Å²) in [6.07, 6.45) is 2.06. The largest absolute Gasteiger partial charge is 0.477 e. The van der Waals surface area contributed by atoms with Gasteiger partial charge in [0.1, 0.15) is 22.6 Å². The number of ether oxygens (including phenoxy) is 1. The maximum absolute atomic E-state index is 13.0. The van der Waals surface area contributed by atoms with Crippen LogP contribution in [0.4, 0.5) is 5.13 Å². The molecule has 0 saturated carbocycles. The third kappa shape index (κ3) is 4.70. The number of aromatic amines is 1. The van der Waals surface area contributed by atoms with Crippen molar-refractivity contribution in [3.8, 4) is 11.5 Å². The molecule has 4 heterocycles. The number of nitrogens with zero attached hydrogens (tertiary/aromatic N) is 5. The van der Waals surface area contributed by atoms with Crippen LogP contribution in [0.3, 0.4) is 0 Å². The molecule has 0 aromatic carbocycles. The number of carboxylic acids is 1. The molecule has 0 amide bonds. The number of aromatic carboxylic acids is 1. The molecule has 0 radical (unpaired) electrons. The van der Waals surface area contributed by atoms with Gasteiger partial charge in [-0.2, -0.15) is 5.10 Å². The number of thiazole rings is 1. The van der Waals surface area contributed by atoms with Crippen molar-refractivity contribution in [3.63, 3.8) is 0 Å². The molecule has 3 aromatic rings. The Labute approximate surface area is 209 Å². The van der Waals surface area contributed by atoms with Gasteiger partial charge in [-0.05, 0) is 26.2 Å². The van der Waals surface area contributed by atoms with Crippen molar-refractivity contribution < 1.29 is 19.4 Å². The lowest BCUT2D eigenvalue weighted by Crippen LogP contribution is -2.46. The van der Waals surface area contributed by atoms with Gasteiger partial charge < -0.3 is 19.7 Å². The predicted molar refractivity (Wildman–Crippen MR) is 129 cm³/mol. The number of hydrogen-bond donors (Lipinski definition) is 2. The highest BCUT2D eigenvalue weighted by atomic mass is 35.5. The smallest absolute Gasteiger partial charge is 0.348 e. The van der Waals surface area contributed by atoms with Gasteiger partial charge in [0.05, 0.1) is 16.1 Å². The van der Waals surface area contributed by atoms with Gasteiger partial charge in [-0.1, -0.05) is 34.5 Å². The van der Waals surface area contributed by atoms with E-state index in [9.17, 15) is 14.7 Å². The van der Waals surface area contributed by atoms with Crippen LogP contribution < -0.4 is 4.90 Å². The number of carboxylic acid groups (broad SMARTS) is 1. The number of carbonyl (C=O) groups excluding carboxylic acids is 1. The van der Waals surface area contributed by atoms with Crippen LogP contribution >= 0.6 is 34.5 Å². The van der Waals surface area contributed by atoms with Crippen molar-refractivity contribution in [2.75, 3.05) is 24.6 Å². The average Bonchev–Trinajstić information content (AvgIpc) is 3.49. The summed E-state index contributed by atoms with van der Waals surface area (Å²) in [5.74, 6) is -0.826. The molecule has 1 aliphatic rings. The number of aryl methyl sites for hydroxylation is 2. The Hall–Kier alpha value is -2.47. The van der Waals surface area contributed by atoms with E-state index in [1.165, 1.54) is 11.0 Å². The Morgan fingerprint density at radius 1 is 1.35 bits per heavy atom. The molecule has 182 valence electrons. The van der Waals surface area contributed by atoms with E-state index in [1.54, 1.807) is 14.0 Å². The summed E-state index contributed by atoms with van der Waals surface area (Å²) >= 11 is 13.5. The van der Waals surface area contributed by atoms with E-state index < -0.39 is 5.97 Å². The Bertz CT molecular complexity index is 1220. The average molecular weight is 527 g/mol. The van der Waals surface area contributed by atoms with Gasteiger partial charge in [0.2, 0.25) is 0 Å². The number of anilines is 1. The Balaban J connectivity index is 1.54. The molecule has 3 aromatic heterocycles. The Morgan fingerprint density at radius 3 is 2.71 bits per heavy atom. The highest BCUT2D eigenvalue weighted by Crippen LogP contribution is 2.36. The molecular formula is C21H24Cl2N6O4S. The van der Waals surface area contributed by atoms with Gasteiger partial charge in [-0.3, -0.25) is 4.79 Å². The normalized spacial score (nSPS) is 18.4. The van der Waals surface area contributed by atoms with Crippen molar-refractivity contribution in [3.05, 3.63) is 32.6 Å². The molecule has 1 fully saturated rings. The monoisotopic (exact) mass is 526 g/mol. The third-order valence-corrected chi connectivity index (χ3v) is 7.91. The molecule has 2 N–H and O–H groups in total. The second-order valence-electron chi connectivity index (χ2n) is 8.06. The maximum Gasteiger partial charge on any atom is 0.348 e. The number of aromatic nitrogens is 5. The highest BCUT2D eigenvalue weighted by Gasteiger charge is 2.35. The number of rotatable bonds is 8. The molecule has 10 nitrogen and oxygen atoms in total. The molecule has 13 heteroatoms. The first-order valence-corrected chi connectivity index (χ1v) is 12.3. The molecule has 1 aliphatic heterocycles. The Morgan fingerprint density at radius 2 is 2.12 bits per heavy atom. The molecule has 0 bridgehead atoms. The van der Waals surface area contributed by atoms with Crippen LogP contribution in [0.25, 0.3) is 11.5 Å². The molecule has 34 heavy (non-hydrogen) atoms. The van der Waals surface area contributed by atoms with E-state index >= 15 is 0 Å². The minimum absolute atomic E-state index is 0.0285. The second kappa shape index (κ2) is 10.0. The summed E-state index contributed by atoms with van der Waals surface area (Å²) in [7, 11) is 1.69. The first-order chi connectivity index (χ1) is 16.2. The first kappa shape index (κ1) is 24.6. The summed E-state index contributed by atoms with van der Waals surface area (Å²) in [5.41, 5.74) is 1.26. The first-order valence-electron chi connectivity index (χ1n) is 10.7. The molecule has 2 atom stereocenters. The molecular weight excluding hydrogens is 503 g/mol. The van der Waals surface area contributed by atoms with Crippen molar-refractivity contribution in [2.45, 2.75) is 32.8 Å². The topological polar surface area (TPSA) is 126 Å². The SMILES string of the molecule is CCO[C@H]1CN(c2nc(-c3ncnn3C)c(C(=O)O)s2)CC[C@H]1CC(=O)c1[nH]c(C)c(Cl)c1Cl. The fraction of sp³-hybridized carbons (Fsp3) is 0.476. The van der Waals surface area contributed by atoms with Crippen LogP contribution in [-0.4, -0.2) is 67.4 Å². The summed E-state index contributed by atoms with van der Waals surface area (Å²) in [4.78, 5) is 38.6. The molecule has 0 aliphatic carbocycles. The molecule has 1 saturated heterocycles. The van der Waals surface area contributed by atoms with Gasteiger partial charge in [0.25, 0.3) is 0 Å². The van der Waals surface area contributed by atoms with Gasteiger partial charge >= 0.3 is 5.97 Å². The molecule has 0 spiro atoms. The van der Waals surface area contributed by atoms with Crippen molar-refractivity contribution in [1.82, 2.24) is 24.7 Å². The van der Waals surface area contributed by atoms with E-state index in [0.717, 1.165) is 11.3 Å². The van der Waals surface area contributed by atoms with E-state index in [1.807, 2.05) is 11.8 Å². The van der Waals surface area contributed by atoms with E-state index in [0.29, 0.717) is 53.5 Å². The lowest BCUT2D eigenvalue weighted by atomic mass is 9.88. The minimum Gasteiger partial charge on any atom is -0.477 e. The summed E-state index contributed by atoms with van der Waals surface area (Å²) < 4.78 is 7.48. The number of Topliss-reactive ketones (excluding diaryl/α,β-unsaturated/α-hetero) is 1. The van der Waals surface area contributed by atoms with Crippen LogP contribution in [0, 0.1) is 12.8 Å². The molecule has 0 unspecified atom stereocenters. The zero-order valence-electron chi connectivity index (χ0n) is 18.8. The lowest BCUT2D eigenvalue weighted by Gasteiger charge is -2.38. The number of halogens is 2. The maximum atomic E-state index is 13.0. The molecule has 4 rings (SSSR count). The van der Waals surface area contributed by atoms with Gasteiger partial charge in [-0.15, -0.1) is 0 Å². The van der Waals surface area contributed by atoms with Crippen LogP contribution in [0.5, 0.6) is 0 Å². The van der Waals surface area contributed by atoms with Crippen molar-refractivity contribution in [1.29, 1.82) is 0 Å². The van der Waals surface area contributed by atoms with Crippen LogP contribution in [0.15, 0.2) is 6.33 Å². The van der Waals surface area contributed by atoms with Crippen LogP contribution in [0.1, 0.15) is 45.6 Å². The minimum atomic E-state index is -1.07. The van der Waals surface area contributed by atoms with Gasteiger partial charge in [0.15, 0.2) is 16.7 Å². The van der Waals surface area contributed by atoms with Gasteiger partial charge in [0, 0.05) is 38.9 Å². The van der Waals surface area contributed by atoms with Crippen LogP contribution in [0.2, 0.25) is 10.0 Å². The number of piperidine rings is 1. The number of H-pyrrole nitrogens is 1. The summed E-state index contributed by atoms with van der Waals surface area (Å²) in [5, 5.41) is 14.9. The summed E-state index contributed by atoms with van der Waals surface area (Å²) in [6, 6.07) is 0. The van der Waals surface area contributed by atoms with Crippen molar-refractivity contribution in [2.24, 2.45) is 13.0 Å². The van der Waals surface area contributed by atoms with E-state index in [4.69, 9.17) is 27.9 Å². The fourth-order valence-electron chi connectivity index (χ4n) is 4.13. The third-order valence-electron chi connectivity index (χ3n) is 5.86. The van der Waals surface area contributed by atoms with E-state index in [2.05, 4.69) is 20.1 Å². The Kier molecular flexibility index (Phi) is 7.27. The number of hydrogen-bond acceptors (Lipinski definition) is 8. The summed E-state index contributed by atoms with van der Waals surface area (Å²) in [6.45, 7) is 5.24. The second-order valence-corrected chi connectivity index (χ2v) is 9.79. The quantitative estimate of drug-likeness (QED) is 0.420. The highest BCUT2D eigenvalue weighted by molar-refractivity contribution is 7.17. The number of carbonyl (C=O) groups is 2. The predicted octanol–water partition coefficient (Wildman–Crippen LogP) is 4.08.